The molecule has 16 nitrogen and oxygen atoms in total. The Morgan fingerprint density at radius 3 is 0.990 bits per heavy atom. The van der Waals surface area contributed by atoms with Gasteiger partial charge in [0.1, 0.15) is 0 Å². The zero-order valence-corrected chi connectivity index (χ0v) is 54.1. The van der Waals surface area contributed by atoms with E-state index in [0.29, 0.717) is 133 Å². The standard InChI is InChI=1S/C88H38N16/c1-95-64-35-62(49-93)86(76(42-64)99-5)57-23-26-80-68(39-57)69-40-58(87-63(50-94)36-65(96-2)43-77(87)100-6)24-27-81(69)103(80)78-20-14-13-19-66(78)67-41-59(88-101-72(53-15-9-7-10-16-53)44-73(102-88)54-17-11-8-12-18-54)25-30-79(67)104-82-28-21-55(84-60(47-91)31-51(45-89)33-74(84)97-3)37-70(82)71-38-56(22-29-83(71)104)85-61(48-92)32-52(46-90)34-75(85)98-4/h7-44H. The molecule has 0 N–H and O–H groups in total. The van der Waals surface area contributed by atoms with Gasteiger partial charge < -0.3 is 9.13 Å². The first-order valence-electron chi connectivity index (χ1n) is 31.8. The number of rotatable bonds is 10. The highest BCUT2D eigenvalue weighted by molar-refractivity contribution is 6.15. The normalized spacial score (nSPS) is 10.6. The van der Waals surface area contributed by atoms with Crippen LogP contribution in [0.25, 0.3) is 174 Å². The van der Waals surface area contributed by atoms with Gasteiger partial charge >= 0.3 is 0 Å². The van der Waals surface area contributed by atoms with Crippen molar-refractivity contribution in [2.75, 3.05) is 0 Å². The number of hydrogen-bond acceptors (Lipinski definition) is 8. The van der Waals surface area contributed by atoms with Crippen molar-refractivity contribution in [2.45, 2.75) is 0 Å². The molecule has 104 heavy (non-hydrogen) atoms. The molecule has 3 aromatic heterocycles. The van der Waals surface area contributed by atoms with Crippen molar-refractivity contribution in [1.82, 2.24) is 19.1 Å². The molecule has 0 unspecified atom stereocenters. The monoisotopic (exact) mass is 1320 g/mol. The van der Waals surface area contributed by atoms with Gasteiger partial charge in [0.25, 0.3) is 0 Å². The van der Waals surface area contributed by atoms with E-state index in [9.17, 15) is 31.6 Å². The summed E-state index contributed by atoms with van der Waals surface area (Å²) in [6.07, 6.45) is 0. The second-order valence-corrected chi connectivity index (χ2v) is 24.0. The summed E-state index contributed by atoms with van der Waals surface area (Å²) in [5.41, 5.74) is 13.7. The van der Waals surface area contributed by atoms with Crippen LogP contribution in [0.4, 0.5) is 34.1 Å². The lowest BCUT2D eigenvalue weighted by molar-refractivity contribution is 1.15. The molecule has 16 heteroatoms. The van der Waals surface area contributed by atoms with Gasteiger partial charge in [0.15, 0.2) is 39.9 Å². The molecule has 15 rings (SSSR count). The van der Waals surface area contributed by atoms with E-state index in [4.69, 9.17) is 49.4 Å². The Morgan fingerprint density at radius 2 is 0.625 bits per heavy atom. The van der Waals surface area contributed by atoms with Gasteiger partial charge in [-0.2, -0.15) is 31.6 Å². The Kier molecular flexibility index (Phi) is 15.8. The lowest BCUT2D eigenvalue weighted by Gasteiger charge is -2.20. The van der Waals surface area contributed by atoms with E-state index < -0.39 is 0 Å². The van der Waals surface area contributed by atoms with E-state index in [2.05, 4.69) is 80.7 Å². The Bertz CT molecular complexity index is 6390. The SMILES string of the molecule is [C-]#[N+]c1cc(C#N)c(-c2ccc3c(c2)c2cc(-c4c(C#N)cc([N+]#[C-])cc4[N+]#[C-])ccc2n3-c2ccccc2-c2cc(-c3nc(-c4ccccc4)cc(-c4ccccc4)n3)ccc2-n2c3ccc(-c4c(C#N)cc(C#N)cc4[N+]#[C-])cc3c3cc(-c4c(C#N)cc(C#N)cc4[N+]#[C-])ccc32)c([N+]#[C-])c1. The summed E-state index contributed by atoms with van der Waals surface area (Å²) in [4.78, 5) is 33.0. The molecule has 0 aliphatic rings. The van der Waals surface area contributed by atoms with Crippen molar-refractivity contribution in [3.63, 3.8) is 0 Å². The van der Waals surface area contributed by atoms with Crippen LogP contribution in [0.2, 0.25) is 0 Å². The van der Waals surface area contributed by atoms with Crippen LogP contribution in [-0.2, 0) is 0 Å². The summed E-state index contributed by atoms with van der Waals surface area (Å²) in [6, 6.07) is 82.8. The van der Waals surface area contributed by atoms with E-state index >= 15 is 0 Å². The predicted molar refractivity (Wildman–Crippen MR) is 400 cm³/mol. The van der Waals surface area contributed by atoms with Crippen molar-refractivity contribution in [2.24, 2.45) is 0 Å². The highest BCUT2D eigenvalue weighted by Gasteiger charge is 2.27. The van der Waals surface area contributed by atoms with Crippen LogP contribution < -0.4 is 0 Å². The molecule has 3 heterocycles. The highest BCUT2D eigenvalue weighted by Crippen LogP contribution is 2.49. The minimum absolute atomic E-state index is 0.0916. The smallest absolute Gasteiger partial charge is 0.197 e. The molecule has 0 saturated carbocycles. The summed E-state index contributed by atoms with van der Waals surface area (Å²) in [5, 5.41) is 65.3. The lowest BCUT2D eigenvalue weighted by atomic mass is 9.93. The average molecular weight is 1320 g/mol. The summed E-state index contributed by atoms with van der Waals surface area (Å²) in [5.74, 6) is 0.404. The van der Waals surface area contributed by atoms with Crippen LogP contribution >= 0.6 is 0 Å². The molecule has 0 atom stereocenters. The van der Waals surface area contributed by atoms with Gasteiger partial charge in [0.05, 0.1) is 132 Å². The molecule has 15 aromatic rings. The number of hydrogen-bond donors (Lipinski definition) is 0. The largest absolute Gasteiger partial charge is 0.309 e. The van der Waals surface area contributed by atoms with Crippen LogP contribution in [0, 0.1) is 107 Å². The van der Waals surface area contributed by atoms with Gasteiger partial charge in [0.2, 0.25) is 0 Å². The van der Waals surface area contributed by atoms with Gasteiger partial charge in [-0.3, -0.25) is 0 Å². The number of nitriles is 6. The third-order valence-corrected chi connectivity index (χ3v) is 18.4. The first-order chi connectivity index (χ1) is 51.0. The quantitative estimate of drug-likeness (QED) is 0.120. The maximum Gasteiger partial charge on any atom is 0.197 e. The summed E-state index contributed by atoms with van der Waals surface area (Å²) < 4.78 is 4.22. The van der Waals surface area contributed by atoms with Gasteiger partial charge in [-0.15, -0.1) is 0 Å². The van der Waals surface area contributed by atoms with Crippen molar-refractivity contribution in [3.8, 4) is 137 Å². The van der Waals surface area contributed by atoms with Crippen LogP contribution in [0.1, 0.15) is 33.4 Å². The molecule has 0 aliphatic heterocycles. The molecule has 12 aromatic carbocycles. The molecular weight excluding hydrogens is 1280 g/mol. The number of nitrogens with zero attached hydrogens (tertiary/aromatic N) is 16. The number of aromatic nitrogens is 4. The summed E-state index contributed by atoms with van der Waals surface area (Å²) >= 11 is 0. The van der Waals surface area contributed by atoms with E-state index in [1.54, 1.807) is 0 Å². The van der Waals surface area contributed by atoms with E-state index in [-0.39, 0.29) is 67.5 Å². The fourth-order valence-corrected chi connectivity index (χ4v) is 13.9. The maximum atomic E-state index is 10.7. The number of benzene rings is 12. The Morgan fingerprint density at radius 1 is 0.279 bits per heavy atom. The second-order valence-electron chi connectivity index (χ2n) is 24.0. The van der Waals surface area contributed by atoms with E-state index in [1.807, 2.05) is 176 Å². The molecule has 0 radical (unpaired) electrons. The highest BCUT2D eigenvalue weighted by atomic mass is 15.0. The van der Waals surface area contributed by atoms with Gasteiger partial charge in [-0.05, 0) is 138 Å². The molecule has 0 fully saturated rings. The first kappa shape index (κ1) is 63.3. The zero-order valence-electron chi connectivity index (χ0n) is 54.1. The average Bonchev–Trinajstić information content (AvgIpc) is 1.56. The third kappa shape index (κ3) is 10.6. The van der Waals surface area contributed by atoms with E-state index in [1.165, 1.54) is 48.5 Å². The van der Waals surface area contributed by atoms with Crippen LogP contribution in [0.15, 0.2) is 231 Å². The van der Waals surface area contributed by atoms with Crippen molar-refractivity contribution >= 4 is 77.7 Å². The molecule has 0 spiro atoms. The Labute approximate surface area is 594 Å². The van der Waals surface area contributed by atoms with Gasteiger partial charge in [-0.25, -0.2) is 39.0 Å². The molecule has 0 saturated heterocycles. The van der Waals surface area contributed by atoms with Gasteiger partial charge in [-0.1, -0.05) is 115 Å². The summed E-state index contributed by atoms with van der Waals surface area (Å²) in [6.45, 7) is 48.8. The zero-order chi connectivity index (χ0) is 71.9. The molecule has 470 valence electrons. The molecule has 0 amide bonds. The van der Waals surface area contributed by atoms with Crippen molar-refractivity contribution in [3.05, 3.63) is 332 Å². The van der Waals surface area contributed by atoms with E-state index in [0.717, 1.165) is 11.1 Å². The lowest BCUT2D eigenvalue weighted by Crippen LogP contribution is -2.03. The molecular formula is C88H38N16. The fraction of sp³-hybridized carbons (Fsp3) is 0. The van der Waals surface area contributed by atoms with Gasteiger partial charge in [0, 0.05) is 93.9 Å². The number of para-hydroxylation sites is 1. The van der Waals surface area contributed by atoms with Crippen LogP contribution in [0.5, 0.6) is 0 Å². The minimum Gasteiger partial charge on any atom is -0.309 e. The fourth-order valence-electron chi connectivity index (χ4n) is 13.9. The minimum atomic E-state index is 0.0916. The first-order valence-corrected chi connectivity index (χ1v) is 31.8. The third-order valence-electron chi connectivity index (χ3n) is 18.4. The maximum absolute atomic E-state index is 10.7. The summed E-state index contributed by atoms with van der Waals surface area (Å²) in [7, 11) is 0. The van der Waals surface area contributed by atoms with Crippen LogP contribution in [-0.4, -0.2) is 19.1 Å². The molecule has 0 bridgehead atoms. The van der Waals surface area contributed by atoms with Crippen molar-refractivity contribution in [1.29, 1.82) is 31.6 Å². The second kappa shape index (κ2) is 26.0. The van der Waals surface area contributed by atoms with Crippen LogP contribution in [0.3, 0.4) is 0 Å². The number of fused-ring (bicyclic) bond motifs is 6. The Balaban J connectivity index is 1.06. The predicted octanol–water partition coefficient (Wildman–Crippen LogP) is 22.5. The topological polar surface area (TPSA) is 205 Å². The van der Waals surface area contributed by atoms with Crippen molar-refractivity contribution < 1.29 is 0 Å². The molecule has 0 aliphatic carbocycles. The Hall–Kier alpha value is -16.8.